The molecule has 0 unspecified atom stereocenters. The minimum Gasteiger partial charge on any atom is -0.372 e. The molecule has 116 valence electrons. The first kappa shape index (κ1) is 15.0. The molecule has 0 spiro atoms. The third-order valence-electron chi connectivity index (χ3n) is 4.48. The van der Waals surface area contributed by atoms with Crippen LogP contribution >= 0.6 is 12.2 Å². The molecule has 2 heterocycles. The summed E-state index contributed by atoms with van der Waals surface area (Å²) in [6.07, 6.45) is 4.48. The number of amides is 1. The van der Waals surface area contributed by atoms with Crippen LogP contribution in [-0.4, -0.2) is 48.0 Å². The van der Waals surface area contributed by atoms with Crippen LogP contribution in [0.25, 0.3) is 6.08 Å². The molecule has 1 amide bonds. The molecule has 5 heteroatoms. The average Bonchev–Trinajstić information content (AvgIpc) is 3.10. The number of thiocarbonyl (C=S) groups is 1. The van der Waals surface area contributed by atoms with Crippen LogP contribution in [0.4, 0.5) is 5.69 Å². The topological polar surface area (TPSA) is 26.8 Å². The van der Waals surface area contributed by atoms with Crippen molar-refractivity contribution < 1.29 is 4.79 Å². The van der Waals surface area contributed by atoms with Crippen molar-refractivity contribution in [3.63, 3.8) is 0 Å². The van der Waals surface area contributed by atoms with E-state index in [9.17, 15) is 4.79 Å². The zero-order chi connectivity index (χ0) is 15.9. The molecule has 22 heavy (non-hydrogen) atoms. The van der Waals surface area contributed by atoms with E-state index < -0.39 is 0 Å². The monoisotopic (exact) mass is 315 g/mol. The largest absolute Gasteiger partial charge is 0.372 e. The van der Waals surface area contributed by atoms with Gasteiger partial charge in [-0.25, -0.2) is 0 Å². The number of rotatable bonds is 2. The lowest BCUT2D eigenvalue weighted by Crippen LogP contribution is -2.26. The summed E-state index contributed by atoms with van der Waals surface area (Å²) in [4.78, 5) is 17.9. The molecular weight excluding hydrogens is 294 g/mol. The van der Waals surface area contributed by atoms with E-state index in [2.05, 4.69) is 30.0 Å². The maximum absolute atomic E-state index is 12.2. The normalized spacial score (nSPS) is 20.7. The number of carbonyl (C=O) groups is 1. The van der Waals surface area contributed by atoms with Gasteiger partial charge in [0.05, 0.1) is 0 Å². The molecule has 0 saturated carbocycles. The van der Waals surface area contributed by atoms with Gasteiger partial charge in [0.25, 0.3) is 5.91 Å². The van der Waals surface area contributed by atoms with E-state index in [0.29, 0.717) is 10.8 Å². The SMILES string of the molecule is Cc1cc(N2CCCC2)ccc1/C=C1\C(=O)N(C)C(=S)N1C. The molecule has 2 aliphatic rings. The summed E-state index contributed by atoms with van der Waals surface area (Å²) in [7, 11) is 3.55. The van der Waals surface area contributed by atoms with Crippen LogP contribution in [0.5, 0.6) is 0 Å². The number of benzene rings is 1. The van der Waals surface area contributed by atoms with E-state index >= 15 is 0 Å². The summed E-state index contributed by atoms with van der Waals surface area (Å²) in [5.41, 5.74) is 4.15. The highest BCUT2D eigenvalue weighted by Gasteiger charge is 2.32. The number of aryl methyl sites for hydroxylation is 1. The minimum absolute atomic E-state index is 0.0458. The lowest BCUT2D eigenvalue weighted by atomic mass is 10.1. The van der Waals surface area contributed by atoms with Crippen molar-refractivity contribution in [1.29, 1.82) is 0 Å². The van der Waals surface area contributed by atoms with Gasteiger partial charge in [-0.1, -0.05) is 6.07 Å². The number of likely N-dealkylation sites (N-methyl/N-ethyl adjacent to an activating group) is 2. The smallest absolute Gasteiger partial charge is 0.276 e. The van der Waals surface area contributed by atoms with E-state index in [-0.39, 0.29) is 5.91 Å². The molecule has 0 bridgehead atoms. The molecule has 0 aromatic heterocycles. The Morgan fingerprint density at radius 1 is 1.14 bits per heavy atom. The van der Waals surface area contributed by atoms with E-state index in [1.807, 2.05) is 13.1 Å². The van der Waals surface area contributed by atoms with Crippen molar-refractivity contribution in [3.8, 4) is 0 Å². The van der Waals surface area contributed by atoms with Gasteiger partial charge in [-0.05, 0) is 61.3 Å². The van der Waals surface area contributed by atoms with Gasteiger partial charge >= 0.3 is 0 Å². The van der Waals surface area contributed by atoms with Gasteiger partial charge in [-0.15, -0.1) is 0 Å². The van der Waals surface area contributed by atoms with Crippen LogP contribution in [0.2, 0.25) is 0 Å². The van der Waals surface area contributed by atoms with Crippen molar-refractivity contribution in [2.45, 2.75) is 19.8 Å². The molecule has 2 fully saturated rings. The van der Waals surface area contributed by atoms with Crippen LogP contribution in [0, 0.1) is 6.92 Å². The molecule has 4 nitrogen and oxygen atoms in total. The molecule has 0 radical (unpaired) electrons. The second kappa shape index (κ2) is 5.72. The molecule has 3 rings (SSSR count). The maximum Gasteiger partial charge on any atom is 0.276 e. The molecule has 2 saturated heterocycles. The minimum atomic E-state index is -0.0458. The van der Waals surface area contributed by atoms with Crippen LogP contribution in [0.3, 0.4) is 0 Å². The van der Waals surface area contributed by atoms with Crippen molar-refractivity contribution >= 4 is 35.0 Å². The van der Waals surface area contributed by atoms with Gasteiger partial charge < -0.3 is 9.80 Å². The molecule has 0 aliphatic carbocycles. The molecule has 0 N–H and O–H groups in total. The first-order valence-electron chi connectivity index (χ1n) is 7.62. The zero-order valence-corrected chi connectivity index (χ0v) is 14.1. The van der Waals surface area contributed by atoms with Crippen molar-refractivity contribution in [1.82, 2.24) is 9.80 Å². The quantitative estimate of drug-likeness (QED) is 0.619. The summed E-state index contributed by atoms with van der Waals surface area (Å²) in [5, 5.41) is 0.544. The predicted molar refractivity (Wildman–Crippen MR) is 93.7 cm³/mol. The van der Waals surface area contributed by atoms with Crippen LogP contribution in [-0.2, 0) is 4.79 Å². The summed E-state index contributed by atoms with van der Waals surface area (Å²) < 4.78 is 0. The molecule has 2 aliphatic heterocycles. The third kappa shape index (κ3) is 2.50. The molecule has 1 aromatic carbocycles. The van der Waals surface area contributed by atoms with Gasteiger partial charge in [0.1, 0.15) is 5.70 Å². The zero-order valence-electron chi connectivity index (χ0n) is 13.3. The Balaban J connectivity index is 1.91. The lowest BCUT2D eigenvalue weighted by Gasteiger charge is -2.19. The Labute approximate surface area is 137 Å². The van der Waals surface area contributed by atoms with Crippen molar-refractivity contribution in [2.24, 2.45) is 0 Å². The van der Waals surface area contributed by atoms with Gasteiger partial charge in [0.15, 0.2) is 5.11 Å². The summed E-state index contributed by atoms with van der Waals surface area (Å²) in [6, 6.07) is 6.45. The third-order valence-corrected chi connectivity index (χ3v) is 5.02. The van der Waals surface area contributed by atoms with E-state index in [1.54, 1.807) is 11.9 Å². The number of hydrogen-bond donors (Lipinski definition) is 0. The first-order valence-corrected chi connectivity index (χ1v) is 8.03. The van der Waals surface area contributed by atoms with Crippen LogP contribution < -0.4 is 4.90 Å². The fraction of sp³-hybridized carbons (Fsp3) is 0.412. The lowest BCUT2D eigenvalue weighted by molar-refractivity contribution is -0.121. The Hall–Kier alpha value is -1.88. The van der Waals surface area contributed by atoms with Gasteiger partial charge in [-0.3, -0.25) is 9.69 Å². The standard InChI is InChI=1S/C17H21N3OS/c1-12-10-14(20-8-4-5-9-20)7-6-13(12)11-15-16(21)19(3)17(22)18(15)2/h6-7,10-11H,4-5,8-9H2,1-3H3/b15-11+. The Kier molecular flexibility index (Phi) is 3.91. The highest BCUT2D eigenvalue weighted by Crippen LogP contribution is 2.26. The average molecular weight is 315 g/mol. The van der Waals surface area contributed by atoms with E-state index in [4.69, 9.17) is 12.2 Å². The van der Waals surface area contributed by atoms with Gasteiger partial charge in [-0.2, -0.15) is 0 Å². The molecular formula is C17H21N3OS. The number of nitrogens with zero attached hydrogens (tertiary/aromatic N) is 3. The number of carbonyl (C=O) groups excluding carboxylic acids is 1. The van der Waals surface area contributed by atoms with Crippen molar-refractivity contribution in [2.75, 3.05) is 32.1 Å². The highest BCUT2D eigenvalue weighted by atomic mass is 32.1. The Morgan fingerprint density at radius 3 is 2.36 bits per heavy atom. The molecule has 1 aromatic rings. The van der Waals surface area contributed by atoms with Gasteiger partial charge in [0, 0.05) is 32.9 Å². The second-order valence-electron chi connectivity index (χ2n) is 5.97. The van der Waals surface area contributed by atoms with E-state index in [1.165, 1.54) is 29.0 Å². The highest BCUT2D eigenvalue weighted by molar-refractivity contribution is 7.80. The first-order chi connectivity index (χ1) is 10.5. The number of hydrogen-bond acceptors (Lipinski definition) is 3. The summed E-state index contributed by atoms with van der Waals surface area (Å²) in [6.45, 7) is 4.37. The summed E-state index contributed by atoms with van der Waals surface area (Å²) >= 11 is 5.24. The van der Waals surface area contributed by atoms with Crippen LogP contribution in [0.1, 0.15) is 24.0 Å². The van der Waals surface area contributed by atoms with E-state index in [0.717, 1.165) is 18.7 Å². The van der Waals surface area contributed by atoms with Crippen molar-refractivity contribution in [3.05, 3.63) is 35.0 Å². The Morgan fingerprint density at radius 2 is 1.82 bits per heavy atom. The van der Waals surface area contributed by atoms with Gasteiger partial charge in [0.2, 0.25) is 0 Å². The Bertz CT molecular complexity index is 662. The fourth-order valence-electron chi connectivity index (χ4n) is 3.03. The van der Waals surface area contributed by atoms with Crippen LogP contribution in [0.15, 0.2) is 23.9 Å². The maximum atomic E-state index is 12.2. The number of anilines is 1. The molecule has 0 atom stereocenters. The second-order valence-corrected chi connectivity index (χ2v) is 6.34. The fourth-order valence-corrected chi connectivity index (χ4v) is 3.21. The predicted octanol–water partition coefficient (Wildman–Crippen LogP) is 2.62. The summed E-state index contributed by atoms with van der Waals surface area (Å²) in [5.74, 6) is -0.0458.